The van der Waals surface area contributed by atoms with Crippen LogP contribution in [-0.2, 0) is 28.6 Å². The van der Waals surface area contributed by atoms with Crippen LogP contribution in [0, 0.1) is 0 Å². The van der Waals surface area contributed by atoms with Crippen LogP contribution in [0.4, 0.5) is 0 Å². The maximum atomic E-state index is 12.7. The van der Waals surface area contributed by atoms with Crippen LogP contribution in [-0.4, -0.2) is 80.6 Å². The number of unbranched alkanes of at least 4 members (excludes halogenated alkanes) is 13. The molecule has 0 spiro atoms. The summed E-state index contributed by atoms with van der Waals surface area (Å²) < 4.78 is 17.2. The Bertz CT molecular complexity index is 1070. The van der Waals surface area contributed by atoms with E-state index in [1.807, 2.05) is 21.1 Å². The summed E-state index contributed by atoms with van der Waals surface area (Å²) in [6.45, 7) is 4.55. The first-order chi connectivity index (χ1) is 26.1. The fourth-order valence-electron chi connectivity index (χ4n) is 5.83. The molecule has 0 rings (SSSR count). The number of carbonyl (C=O) groups excluding carboxylic acids is 2. The molecule has 1 N–H and O–H groups in total. The summed E-state index contributed by atoms with van der Waals surface area (Å²) in [7, 11) is 5.51. The number of quaternary nitrogens is 1. The lowest BCUT2D eigenvalue weighted by Crippen LogP contribution is -2.50. The molecule has 0 bridgehead atoms. The zero-order chi connectivity index (χ0) is 40.0. The Kier molecular flexibility index (Phi) is 34.9. The lowest BCUT2D eigenvalue weighted by Gasteiger charge is -2.31. The van der Waals surface area contributed by atoms with Crippen LogP contribution < -0.4 is 0 Å². The molecule has 0 heterocycles. The van der Waals surface area contributed by atoms with E-state index in [4.69, 9.17) is 14.2 Å². The van der Waals surface area contributed by atoms with Crippen LogP contribution in [0.1, 0.15) is 162 Å². The molecule has 0 aromatic heterocycles. The third-order valence-corrected chi connectivity index (χ3v) is 9.15. The van der Waals surface area contributed by atoms with Gasteiger partial charge in [0, 0.05) is 19.3 Å². The van der Waals surface area contributed by atoms with E-state index < -0.39 is 18.1 Å². The number of rotatable bonds is 37. The minimum Gasteiger partial charge on any atom is -0.477 e. The van der Waals surface area contributed by atoms with Crippen LogP contribution in [0.25, 0.3) is 0 Å². The van der Waals surface area contributed by atoms with Crippen molar-refractivity contribution in [3.8, 4) is 0 Å². The number of ether oxygens (including phenoxy) is 3. The normalized spacial score (nSPS) is 13.6. The summed E-state index contributed by atoms with van der Waals surface area (Å²) in [4.78, 5) is 36.9. The molecule has 2 unspecified atom stereocenters. The number of esters is 2. The molecule has 2 atom stereocenters. The van der Waals surface area contributed by atoms with Crippen molar-refractivity contribution >= 4 is 17.9 Å². The van der Waals surface area contributed by atoms with Crippen LogP contribution in [0.5, 0.6) is 0 Å². The average molecular weight is 759 g/mol. The van der Waals surface area contributed by atoms with E-state index in [0.29, 0.717) is 19.3 Å². The second-order valence-electron chi connectivity index (χ2n) is 15.2. The lowest BCUT2D eigenvalue weighted by atomic mass is 10.1. The van der Waals surface area contributed by atoms with E-state index in [-0.39, 0.29) is 36.2 Å². The van der Waals surface area contributed by atoms with E-state index in [1.165, 1.54) is 38.5 Å². The number of likely N-dealkylation sites (N-methyl/N-ethyl adjacent to an activating group) is 1. The van der Waals surface area contributed by atoms with Gasteiger partial charge in [-0.1, -0.05) is 132 Å². The van der Waals surface area contributed by atoms with Crippen molar-refractivity contribution in [2.24, 2.45) is 0 Å². The second kappa shape index (κ2) is 37.0. The first-order valence-corrected chi connectivity index (χ1v) is 21.3. The zero-order valence-corrected chi connectivity index (χ0v) is 35.2. The van der Waals surface area contributed by atoms with Gasteiger partial charge < -0.3 is 23.8 Å². The van der Waals surface area contributed by atoms with Crippen molar-refractivity contribution in [3.63, 3.8) is 0 Å². The quantitative estimate of drug-likeness (QED) is 0.0291. The molecule has 0 saturated heterocycles. The standard InChI is InChI=1S/C46H79NO7/c1-6-8-10-12-14-16-18-19-20-21-22-23-24-25-27-29-31-33-35-37-45(49)54-42(40-52-39-38-43(46(50)51)47(3,4)5)41-53-44(48)36-34-32-30-28-26-17-15-13-11-9-7-2/h8,10,13-16,19-20,22-23,42-43H,6-7,9,11-12,17-18,21,24-41H2,1-5H3/p+1/b10-8+,15-13+,16-14+,20-19+,23-22+. The van der Waals surface area contributed by atoms with Crippen LogP contribution in [0.2, 0.25) is 0 Å². The third-order valence-electron chi connectivity index (χ3n) is 9.15. The van der Waals surface area contributed by atoms with E-state index in [1.54, 1.807) is 0 Å². The van der Waals surface area contributed by atoms with Gasteiger partial charge in [-0.3, -0.25) is 9.59 Å². The van der Waals surface area contributed by atoms with Crippen LogP contribution in [0.15, 0.2) is 60.8 Å². The summed E-state index contributed by atoms with van der Waals surface area (Å²) in [5.74, 6) is -1.50. The number of carbonyl (C=O) groups is 3. The van der Waals surface area contributed by atoms with Gasteiger partial charge in [-0.05, 0) is 70.6 Å². The highest BCUT2D eigenvalue weighted by molar-refractivity contribution is 5.72. The van der Waals surface area contributed by atoms with Crippen molar-refractivity contribution in [3.05, 3.63) is 60.8 Å². The van der Waals surface area contributed by atoms with Crippen molar-refractivity contribution in [2.45, 2.75) is 174 Å². The van der Waals surface area contributed by atoms with Gasteiger partial charge >= 0.3 is 17.9 Å². The third kappa shape index (κ3) is 34.8. The van der Waals surface area contributed by atoms with Gasteiger partial charge in [0.2, 0.25) is 0 Å². The molecule has 0 saturated carbocycles. The Hall–Kier alpha value is -2.97. The molecular weight excluding hydrogens is 679 g/mol. The Balaban J connectivity index is 4.38. The number of aliphatic carboxylic acids is 1. The van der Waals surface area contributed by atoms with E-state index >= 15 is 0 Å². The molecule has 0 aromatic carbocycles. The molecule has 54 heavy (non-hydrogen) atoms. The largest absolute Gasteiger partial charge is 0.477 e. The number of hydrogen-bond donors (Lipinski definition) is 1. The zero-order valence-electron chi connectivity index (χ0n) is 35.2. The minimum absolute atomic E-state index is 0.0503. The predicted octanol–water partition coefficient (Wildman–Crippen LogP) is 11.4. The van der Waals surface area contributed by atoms with E-state index in [0.717, 1.165) is 89.9 Å². The molecule has 0 aliphatic carbocycles. The van der Waals surface area contributed by atoms with Crippen molar-refractivity contribution in [2.75, 3.05) is 41.0 Å². The highest BCUT2D eigenvalue weighted by Gasteiger charge is 2.31. The molecular formula is C46H80NO7+. The highest BCUT2D eigenvalue weighted by Crippen LogP contribution is 2.13. The predicted molar refractivity (Wildman–Crippen MR) is 224 cm³/mol. The SMILES string of the molecule is CC/C=C/C/C=C/C/C=C/C/C=C/CCCCCCCCC(=O)OC(COCCC(C(=O)O)[N+](C)(C)C)COC(=O)CCCCCCC/C=C/CCCC. The monoisotopic (exact) mass is 759 g/mol. The molecule has 0 fully saturated rings. The Morgan fingerprint density at radius 1 is 0.574 bits per heavy atom. The highest BCUT2D eigenvalue weighted by atomic mass is 16.6. The smallest absolute Gasteiger partial charge is 0.362 e. The molecule has 0 amide bonds. The van der Waals surface area contributed by atoms with Gasteiger partial charge in [-0.25, -0.2) is 4.79 Å². The maximum absolute atomic E-state index is 12.7. The second-order valence-corrected chi connectivity index (χ2v) is 15.2. The molecule has 0 aliphatic rings. The van der Waals surface area contributed by atoms with Crippen molar-refractivity contribution in [1.82, 2.24) is 0 Å². The summed E-state index contributed by atoms with van der Waals surface area (Å²) in [6, 6.07) is -0.620. The number of carboxylic acid groups (broad SMARTS) is 1. The van der Waals surface area contributed by atoms with E-state index in [9.17, 15) is 19.5 Å². The van der Waals surface area contributed by atoms with E-state index in [2.05, 4.69) is 74.6 Å². The maximum Gasteiger partial charge on any atom is 0.362 e. The van der Waals surface area contributed by atoms with Gasteiger partial charge in [0.1, 0.15) is 6.61 Å². The Morgan fingerprint density at radius 3 is 1.56 bits per heavy atom. The summed E-state index contributed by atoms with van der Waals surface area (Å²) in [5.41, 5.74) is 0. The topological polar surface area (TPSA) is 99.1 Å². The summed E-state index contributed by atoms with van der Waals surface area (Å²) in [6.07, 6.45) is 44.0. The van der Waals surface area contributed by atoms with Gasteiger partial charge in [0.05, 0.1) is 34.4 Å². The molecule has 0 aliphatic heterocycles. The van der Waals surface area contributed by atoms with Crippen molar-refractivity contribution < 1.29 is 38.2 Å². The molecule has 8 nitrogen and oxygen atoms in total. The van der Waals surface area contributed by atoms with Gasteiger partial charge in [0.15, 0.2) is 12.1 Å². The number of carboxylic acids is 1. The number of allylic oxidation sites excluding steroid dienone is 10. The summed E-state index contributed by atoms with van der Waals surface area (Å²) >= 11 is 0. The molecule has 0 radical (unpaired) electrons. The van der Waals surface area contributed by atoms with Crippen LogP contribution in [0.3, 0.4) is 0 Å². The first kappa shape index (κ1) is 51.0. The van der Waals surface area contributed by atoms with Crippen LogP contribution >= 0.6 is 0 Å². The fraction of sp³-hybridized carbons (Fsp3) is 0.717. The molecule has 0 aromatic rings. The number of nitrogens with zero attached hydrogens (tertiary/aromatic N) is 1. The van der Waals surface area contributed by atoms with Crippen molar-refractivity contribution in [1.29, 1.82) is 0 Å². The van der Waals surface area contributed by atoms with Gasteiger partial charge in [0.25, 0.3) is 0 Å². The Labute approximate surface area is 330 Å². The van der Waals surface area contributed by atoms with Gasteiger partial charge in [-0.2, -0.15) is 0 Å². The van der Waals surface area contributed by atoms with Gasteiger partial charge in [-0.15, -0.1) is 0 Å². The molecule has 8 heteroatoms. The minimum atomic E-state index is -0.881. The lowest BCUT2D eigenvalue weighted by molar-refractivity contribution is -0.887. The number of hydrogen-bond acceptors (Lipinski definition) is 6. The molecule has 310 valence electrons. The summed E-state index contributed by atoms with van der Waals surface area (Å²) in [5, 5.41) is 9.60. The average Bonchev–Trinajstić information content (AvgIpc) is 3.12. The fourth-order valence-corrected chi connectivity index (χ4v) is 5.83. The Morgan fingerprint density at radius 2 is 1.04 bits per heavy atom. The first-order valence-electron chi connectivity index (χ1n) is 21.3.